The molecular weight excluding hydrogens is 182 g/mol. The van der Waals surface area contributed by atoms with Gasteiger partial charge in [-0.2, -0.15) is 0 Å². The summed E-state index contributed by atoms with van der Waals surface area (Å²) in [6.07, 6.45) is 2.34. The van der Waals surface area contributed by atoms with Gasteiger partial charge in [-0.1, -0.05) is 26.0 Å². The summed E-state index contributed by atoms with van der Waals surface area (Å²) in [5, 5.41) is 3.62. The molecule has 1 N–H and O–H groups in total. The fourth-order valence-corrected chi connectivity index (χ4v) is 2.64. The Morgan fingerprint density at radius 1 is 1.40 bits per heavy atom. The normalized spacial score (nSPS) is 23.1. The lowest BCUT2D eigenvalue weighted by atomic mass is 9.81. The van der Waals surface area contributed by atoms with Crippen LogP contribution in [0.5, 0.6) is 0 Å². The van der Waals surface area contributed by atoms with E-state index in [0.29, 0.717) is 5.92 Å². The van der Waals surface area contributed by atoms with E-state index in [4.69, 9.17) is 0 Å². The molecule has 82 valence electrons. The molecule has 0 aromatic heterocycles. The first kappa shape index (κ1) is 10.5. The summed E-state index contributed by atoms with van der Waals surface area (Å²) >= 11 is 0. The molecule has 0 aliphatic carbocycles. The average Bonchev–Trinajstić information content (AvgIpc) is 2.15. The molecule has 1 aliphatic heterocycles. The van der Waals surface area contributed by atoms with Crippen molar-refractivity contribution in [2.75, 3.05) is 5.32 Å². The maximum atomic E-state index is 3.62. The second-order valence-electron chi connectivity index (χ2n) is 5.39. The molecule has 1 aromatic carbocycles. The summed E-state index contributed by atoms with van der Waals surface area (Å²) in [5.74, 6) is 0.669. The van der Waals surface area contributed by atoms with Crippen LogP contribution < -0.4 is 5.32 Å². The molecule has 1 nitrogen and oxygen atoms in total. The van der Waals surface area contributed by atoms with E-state index in [-0.39, 0.29) is 5.54 Å². The van der Waals surface area contributed by atoms with Gasteiger partial charge in [0.05, 0.1) is 0 Å². The molecule has 2 rings (SSSR count). The summed E-state index contributed by atoms with van der Waals surface area (Å²) in [5.41, 5.74) is 4.51. The van der Waals surface area contributed by atoms with Crippen LogP contribution in [0.1, 0.15) is 51.2 Å². The van der Waals surface area contributed by atoms with Crippen molar-refractivity contribution in [2.24, 2.45) is 0 Å². The molecule has 1 aliphatic rings. The van der Waals surface area contributed by atoms with E-state index in [0.717, 1.165) is 6.42 Å². The van der Waals surface area contributed by atoms with E-state index in [1.807, 2.05) is 0 Å². The van der Waals surface area contributed by atoms with Gasteiger partial charge in [0.25, 0.3) is 0 Å². The van der Waals surface area contributed by atoms with Gasteiger partial charge in [-0.3, -0.25) is 0 Å². The highest BCUT2D eigenvalue weighted by molar-refractivity contribution is 5.58. The second-order valence-corrected chi connectivity index (χ2v) is 5.39. The number of benzene rings is 1. The van der Waals surface area contributed by atoms with E-state index in [2.05, 4.69) is 51.2 Å². The molecular formula is C14H21N. The number of hydrogen-bond donors (Lipinski definition) is 1. The Kier molecular flexibility index (Phi) is 2.49. The number of hydrogen-bond acceptors (Lipinski definition) is 1. The minimum Gasteiger partial charge on any atom is -0.380 e. The van der Waals surface area contributed by atoms with E-state index < -0.39 is 0 Å². The summed E-state index contributed by atoms with van der Waals surface area (Å²) in [6, 6.07) is 6.84. The maximum absolute atomic E-state index is 3.62. The third kappa shape index (κ3) is 2.01. The predicted octanol–water partition coefficient (Wildman–Crippen LogP) is 3.95. The van der Waals surface area contributed by atoms with Crippen molar-refractivity contribution in [3.8, 4) is 0 Å². The number of aryl methyl sites for hydroxylation is 1. The third-order valence-electron chi connectivity index (χ3n) is 3.34. The second kappa shape index (κ2) is 3.55. The lowest BCUT2D eigenvalue weighted by Gasteiger charge is -2.37. The Morgan fingerprint density at radius 2 is 2.13 bits per heavy atom. The van der Waals surface area contributed by atoms with Gasteiger partial charge in [0.15, 0.2) is 0 Å². The lowest BCUT2D eigenvalue weighted by Crippen LogP contribution is -2.36. The van der Waals surface area contributed by atoms with Gasteiger partial charge in [0.2, 0.25) is 0 Å². The van der Waals surface area contributed by atoms with Gasteiger partial charge < -0.3 is 5.32 Å². The number of rotatable bonds is 1. The summed E-state index contributed by atoms with van der Waals surface area (Å²) in [4.78, 5) is 0. The van der Waals surface area contributed by atoms with Gasteiger partial charge in [-0.25, -0.2) is 0 Å². The summed E-state index contributed by atoms with van der Waals surface area (Å²) in [6.45, 7) is 9.10. The van der Waals surface area contributed by atoms with Crippen LogP contribution in [-0.2, 0) is 6.42 Å². The molecule has 0 fully saturated rings. The Morgan fingerprint density at radius 3 is 2.80 bits per heavy atom. The first-order valence-electron chi connectivity index (χ1n) is 5.93. The number of anilines is 1. The highest BCUT2D eigenvalue weighted by Crippen LogP contribution is 2.38. The van der Waals surface area contributed by atoms with Crippen molar-refractivity contribution in [1.82, 2.24) is 0 Å². The van der Waals surface area contributed by atoms with Crippen molar-refractivity contribution in [1.29, 1.82) is 0 Å². The van der Waals surface area contributed by atoms with E-state index >= 15 is 0 Å². The molecule has 1 atom stereocenters. The van der Waals surface area contributed by atoms with Gasteiger partial charge in [0, 0.05) is 11.2 Å². The molecule has 0 spiro atoms. The molecule has 0 saturated heterocycles. The van der Waals surface area contributed by atoms with Gasteiger partial charge in [-0.05, 0) is 49.8 Å². The molecule has 0 radical (unpaired) electrons. The van der Waals surface area contributed by atoms with Crippen LogP contribution in [-0.4, -0.2) is 5.54 Å². The Labute approximate surface area is 92.9 Å². The molecule has 1 aromatic rings. The van der Waals surface area contributed by atoms with E-state index in [1.165, 1.54) is 23.2 Å². The summed E-state index contributed by atoms with van der Waals surface area (Å²) < 4.78 is 0. The Bertz CT molecular complexity index is 366. The van der Waals surface area contributed by atoms with Crippen LogP contribution >= 0.6 is 0 Å². The molecule has 15 heavy (non-hydrogen) atoms. The number of nitrogens with one attached hydrogen (secondary N) is 1. The SMILES string of the molecule is CCc1ccc2c(c1)[C@@H](C)CC(C)(C)N2. The third-order valence-corrected chi connectivity index (χ3v) is 3.34. The first-order valence-corrected chi connectivity index (χ1v) is 5.93. The quantitative estimate of drug-likeness (QED) is 0.728. The molecule has 1 heterocycles. The molecule has 0 unspecified atom stereocenters. The first-order chi connectivity index (χ1) is 7.02. The predicted molar refractivity (Wildman–Crippen MR) is 66.6 cm³/mol. The van der Waals surface area contributed by atoms with Crippen molar-refractivity contribution >= 4 is 5.69 Å². The zero-order valence-electron chi connectivity index (χ0n) is 10.2. The van der Waals surface area contributed by atoms with Crippen molar-refractivity contribution in [3.05, 3.63) is 29.3 Å². The van der Waals surface area contributed by atoms with Gasteiger partial charge in [-0.15, -0.1) is 0 Å². The topological polar surface area (TPSA) is 12.0 Å². The van der Waals surface area contributed by atoms with E-state index in [9.17, 15) is 0 Å². The molecule has 0 bridgehead atoms. The van der Waals surface area contributed by atoms with E-state index in [1.54, 1.807) is 0 Å². The highest BCUT2D eigenvalue weighted by Gasteiger charge is 2.28. The fourth-order valence-electron chi connectivity index (χ4n) is 2.64. The monoisotopic (exact) mass is 203 g/mol. The lowest BCUT2D eigenvalue weighted by molar-refractivity contribution is 0.454. The van der Waals surface area contributed by atoms with Gasteiger partial charge in [0.1, 0.15) is 0 Å². The van der Waals surface area contributed by atoms with Crippen LogP contribution in [0.15, 0.2) is 18.2 Å². The maximum Gasteiger partial charge on any atom is 0.0379 e. The van der Waals surface area contributed by atoms with Crippen LogP contribution in [0.25, 0.3) is 0 Å². The zero-order chi connectivity index (χ0) is 11.1. The van der Waals surface area contributed by atoms with Crippen molar-refractivity contribution in [3.63, 3.8) is 0 Å². The molecule has 0 saturated carbocycles. The van der Waals surface area contributed by atoms with Gasteiger partial charge >= 0.3 is 0 Å². The Hall–Kier alpha value is -0.980. The Balaban J connectivity index is 2.41. The minimum absolute atomic E-state index is 0.236. The largest absolute Gasteiger partial charge is 0.380 e. The minimum atomic E-state index is 0.236. The summed E-state index contributed by atoms with van der Waals surface area (Å²) in [7, 11) is 0. The zero-order valence-corrected chi connectivity index (χ0v) is 10.2. The van der Waals surface area contributed by atoms with Crippen molar-refractivity contribution < 1.29 is 0 Å². The van der Waals surface area contributed by atoms with Crippen LogP contribution in [0.4, 0.5) is 5.69 Å². The fraction of sp³-hybridized carbons (Fsp3) is 0.571. The smallest absolute Gasteiger partial charge is 0.0379 e. The highest BCUT2D eigenvalue weighted by atomic mass is 15.0. The van der Waals surface area contributed by atoms with Crippen LogP contribution in [0.3, 0.4) is 0 Å². The molecule has 0 amide bonds. The molecule has 1 heteroatoms. The van der Waals surface area contributed by atoms with Crippen molar-refractivity contribution in [2.45, 2.75) is 52.0 Å². The number of fused-ring (bicyclic) bond motifs is 1. The standard InChI is InChI=1S/C14H21N/c1-5-11-6-7-13-12(8-11)10(2)9-14(3,4)15-13/h6-8,10,15H,5,9H2,1-4H3/t10-/m0/s1. The van der Waals surface area contributed by atoms with Crippen LogP contribution in [0.2, 0.25) is 0 Å². The average molecular weight is 203 g/mol. The van der Waals surface area contributed by atoms with Crippen LogP contribution in [0, 0.1) is 0 Å².